The number of sulfonamides is 1. The molecule has 7 nitrogen and oxygen atoms in total. The Morgan fingerprint density at radius 2 is 1.60 bits per heavy atom. The number of benzene rings is 3. The van der Waals surface area contributed by atoms with Crippen LogP contribution in [0.5, 0.6) is 0 Å². The number of carbonyl (C=O) groups excluding carboxylic acids is 2. The molecule has 1 aliphatic carbocycles. The SMILES string of the molecule is CCc1c(NC(=O)c2ccccc2)ccc(C)c1NC(=O)Cc1ccc(S(=O)(=O)NC2CC2)cc1. The van der Waals surface area contributed by atoms with Crippen molar-refractivity contribution in [3.05, 3.63) is 89.0 Å². The Morgan fingerprint density at radius 3 is 2.23 bits per heavy atom. The van der Waals surface area contributed by atoms with E-state index < -0.39 is 10.0 Å². The lowest BCUT2D eigenvalue weighted by molar-refractivity contribution is -0.115. The molecule has 0 saturated heterocycles. The molecule has 3 aromatic carbocycles. The Bertz CT molecular complexity index is 1330. The minimum absolute atomic E-state index is 0.0368. The molecule has 8 heteroatoms. The normalized spacial score (nSPS) is 13.3. The van der Waals surface area contributed by atoms with Gasteiger partial charge in [0.1, 0.15) is 0 Å². The van der Waals surface area contributed by atoms with Crippen LogP contribution in [0, 0.1) is 6.92 Å². The number of anilines is 2. The number of carbonyl (C=O) groups is 2. The highest BCUT2D eigenvalue weighted by molar-refractivity contribution is 7.89. The average Bonchev–Trinajstić information content (AvgIpc) is 3.65. The van der Waals surface area contributed by atoms with Crippen molar-refractivity contribution in [1.29, 1.82) is 0 Å². The minimum Gasteiger partial charge on any atom is -0.325 e. The van der Waals surface area contributed by atoms with E-state index >= 15 is 0 Å². The molecule has 2 amide bonds. The number of hydrogen-bond donors (Lipinski definition) is 3. The van der Waals surface area contributed by atoms with E-state index in [-0.39, 0.29) is 29.2 Å². The second-order valence-corrected chi connectivity index (χ2v) is 10.4. The van der Waals surface area contributed by atoms with Crippen molar-refractivity contribution in [3.63, 3.8) is 0 Å². The zero-order chi connectivity index (χ0) is 25.0. The summed E-state index contributed by atoms with van der Waals surface area (Å²) in [4.78, 5) is 25.7. The molecule has 1 saturated carbocycles. The number of rotatable bonds is 9. The maximum atomic E-state index is 12.9. The summed E-state index contributed by atoms with van der Waals surface area (Å²) in [6.07, 6.45) is 2.45. The maximum absolute atomic E-state index is 12.9. The van der Waals surface area contributed by atoms with Gasteiger partial charge in [0.05, 0.1) is 11.3 Å². The molecule has 0 bridgehead atoms. The van der Waals surface area contributed by atoms with Crippen LogP contribution in [-0.2, 0) is 27.7 Å². The Labute approximate surface area is 206 Å². The topological polar surface area (TPSA) is 104 Å². The summed E-state index contributed by atoms with van der Waals surface area (Å²) in [5.41, 5.74) is 4.32. The number of aryl methyl sites for hydroxylation is 1. The molecule has 0 aromatic heterocycles. The molecule has 0 radical (unpaired) electrons. The average molecular weight is 492 g/mol. The molecule has 1 fully saturated rings. The highest BCUT2D eigenvalue weighted by Gasteiger charge is 2.27. The van der Waals surface area contributed by atoms with Gasteiger partial charge in [-0.25, -0.2) is 13.1 Å². The van der Waals surface area contributed by atoms with Crippen LogP contribution < -0.4 is 15.4 Å². The number of nitrogens with one attached hydrogen (secondary N) is 3. The van der Waals surface area contributed by atoms with Crippen molar-refractivity contribution in [2.75, 3.05) is 10.6 Å². The van der Waals surface area contributed by atoms with Gasteiger partial charge in [0.2, 0.25) is 15.9 Å². The maximum Gasteiger partial charge on any atom is 0.255 e. The van der Waals surface area contributed by atoms with Gasteiger partial charge in [-0.15, -0.1) is 0 Å². The molecule has 0 spiro atoms. The highest BCUT2D eigenvalue weighted by atomic mass is 32.2. The van der Waals surface area contributed by atoms with Crippen molar-refractivity contribution in [3.8, 4) is 0 Å². The van der Waals surface area contributed by atoms with Gasteiger partial charge in [0.15, 0.2) is 0 Å². The Hall–Kier alpha value is -3.49. The predicted molar refractivity (Wildman–Crippen MR) is 137 cm³/mol. The third-order valence-corrected chi connectivity index (χ3v) is 7.46. The fourth-order valence-corrected chi connectivity index (χ4v) is 5.16. The van der Waals surface area contributed by atoms with Crippen LogP contribution in [0.3, 0.4) is 0 Å². The molecule has 3 aromatic rings. The van der Waals surface area contributed by atoms with Gasteiger partial charge in [-0.2, -0.15) is 0 Å². The first-order chi connectivity index (χ1) is 16.8. The largest absolute Gasteiger partial charge is 0.325 e. The predicted octanol–water partition coefficient (Wildman–Crippen LogP) is 4.43. The van der Waals surface area contributed by atoms with Crippen LogP contribution in [0.2, 0.25) is 0 Å². The van der Waals surface area contributed by atoms with Crippen LogP contribution in [0.25, 0.3) is 0 Å². The molecule has 182 valence electrons. The van der Waals surface area contributed by atoms with Crippen molar-refractivity contribution < 1.29 is 18.0 Å². The highest BCUT2D eigenvalue weighted by Crippen LogP contribution is 2.30. The molecule has 1 aliphatic rings. The van der Waals surface area contributed by atoms with Gasteiger partial charge in [-0.1, -0.05) is 43.3 Å². The summed E-state index contributed by atoms with van der Waals surface area (Å²) in [6, 6.07) is 19.1. The summed E-state index contributed by atoms with van der Waals surface area (Å²) < 4.78 is 27.3. The first kappa shape index (κ1) is 24.6. The standard InChI is InChI=1S/C27H29N3O4S/c1-3-23-24(28-27(32)20-7-5-4-6-8-20)16-9-18(2)26(23)29-25(31)17-19-10-14-22(15-11-19)35(33,34)30-21-12-13-21/h4-11,14-16,21,30H,3,12-13,17H2,1-2H3,(H,28,32)(H,29,31). The summed E-state index contributed by atoms with van der Waals surface area (Å²) in [7, 11) is -3.53. The van der Waals surface area contributed by atoms with E-state index in [9.17, 15) is 18.0 Å². The summed E-state index contributed by atoms with van der Waals surface area (Å²) >= 11 is 0. The first-order valence-electron chi connectivity index (χ1n) is 11.7. The van der Waals surface area contributed by atoms with Crippen molar-refractivity contribution in [1.82, 2.24) is 4.72 Å². The molecule has 35 heavy (non-hydrogen) atoms. The summed E-state index contributed by atoms with van der Waals surface area (Å²) in [6.45, 7) is 3.88. The van der Waals surface area contributed by atoms with Gasteiger partial charge in [0.25, 0.3) is 5.91 Å². The molecule has 0 heterocycles. The van der Waals surface area contributed by atoms with Crippen LogP contribution >= 0.6 is 0 Å². The molecule has 0 atom stereocenters. The zero-order valence-electron chi connectivity index (χ0n) is 19.8. The smallest absolute Gasteiger partial charge is 0.255 e. The third-order valence-electron chi connectivity index (χ3n) is 5.92. The molecule has 4 rings (SSSR count). The van der Waals surface area contributed by atoms with Crippen molar-refractivity contribution in [2.24, 2.45) is 0 Å². The molecular weight excluding hydrogens is 462 g/mol. The molecule has 3 N–H and O–H groups in total. The monoisotopic (exact) mass is 491 g/mol. The van der Waals surface area contributed by atoms with Crippen LogP contribution in [0.15, 0.2) is 71.6 Å². The van der Waals surface area contributed by atoms with Gasteiger partial charge in [-0.05, 0) is 73.2 Å². The Balaban J connectivity index is 1.46. The lowest BCUT2D eigenvalue weighted by atomic mass is 10.0. The fraction of sp³-hybridized carbons (Fsp3) is 0.259. The second-order valence-electron chi connectivity index (χ2n) is 8.72. The summed E-state index contributed by atoms with van der Waals surface area (Å²) in [5, 5.41) is 5.94. The van der Waals surface area contributed by atoms with E-state index in [1.165, 1.54) is 12.1 Å². The van der Waals surface area contributed by atoms with Gasteiger partial charge in [0, 0.05) is 23.0 Å². The van der Waals surface area contributed by atoms with Crippen LogP contribution in [-0.4, -0.2) is 26.3 Å². The van der Waals surface area contributed by atoms with Crippen molar-refractivity contribution >= 4 is 33.2 Å². The first-order valence-corrected chi connectivity index (χ1v) is 13.1. The van der Waals surface area contributed by atoms with Crippen LogP contribution in [0.4, 0.5) is 11.4 Å². The minimum atomic E-state index is -3.53. The summed E-state index contributed by atoms with van der Waals surface area (Å²) in [5.74, 6) is -0.436. The second kappa shape index (κ2) is 10.4. The van der Waals surface area contributed by atoms with Crippen molar-refractivity contribution in [2.45, 2.75) is 50.5 Å². The van der Waals surface area contributed by atoms with Gasteiger partial charge >= 0.3 is 0 Å². The third kappa shape index (κ3) is 6.15. The molecule has 0 unspecified atom stereocenters. The Morgan fingerprint density at radius 1 is 0.914 bits per heavy atom. The molecular formula is C27H29N3O4S. The Kier molecular flexibility index (Phi) is 7.33. The lowest BCUT2D eigenvalue weighted by Crippen LogP contribution is -2.25. The van der Waals surface area contributed by atoms with Gasteiger partial charge in [-0.3, -0.25) is 9.59 Å². The van der Waals surface area contributed by atoms with E-state index in [1.807, 2.05) is 44.2 Å². The quantitative estimate of drug-likeness (QED) is 0.412. The zero-order valence-corrected chi connectivity index (χ0v) is 20.6. The van der Waals surface area contributed by atoms with E-state index in [0.29, 0.717) is 28.9 Å². The van der Waals surface area contributed by atoms with E-state index in [2.05, 4.69) is 15.4 Å². The van der Waals surface area contributed by atoms with E-state index in [4.69, 9.17) is 0 Å². The van der Waals surface area contributed by atoms with E-state index in [0.717, 1.165) is 24.0 Å². The van der Waals surface area contributed by atoms with E-state index in [1.54, 1.807) is 24.3 Å². The fourth-order valence-electron chi connectivity index (χ4n) is 3.85. The lowest BCUT2D eigenvalue weighted by Gasteiger charge is -2.18. The number of amides is 2. The number of hydrogen-bond acceptors (Lipinski definition) is 4. The van der Waals surface area contributed by atoms with Gasteiger partial charge < -0.3 is 10.6 Å². The molecule has 0 aliphatic heterocycles. The van der Waals surface area contributed by atoms with Crippen LogP contribution in [0.1, 0.15) is 46.8 Å².